The lowest BCUT2D eigenvalue weighted by atomic mass is 10.2. The molecule has 116 valence electrons. The number of ether oxygens (including phenoxy) is 1. The van der Waals surface area contributed by atoms with Gasteiger partial charge in [-0.25, -0.2) is 9.78 Å². The fraction of sp³-hybridized carbons (Fsp3) is 0.0588. The fourth-order valence-electron chi connectivity index (χ4n) is 2.18. The van der Waals surface area contributed by atoms with E-state index in [9.17, 15) is 4.79 Å². The molecule has 6 heteroatoms. The molecule has 0 fully saturated rings. The Morgan fingerprint density at radius 3 is 2.52 bits per heavy atom. The number of carbonyl (C=O) groups is 1. The van der Waals surface area contributed by atoms with E-state index in [1.165, 1.54) is 6.07 Å². The maximum Gasteiger partial charge on any atom is 0.354 e. The minimum Gasteiger partial charge on any atom is -0.485 e. The van der Waals surface area contributed by atoms with E-state index in [4.69, 9.17) is 33.0 Å². The van der Waals surface area contributed by atoms with Gasteiger partial charge < -0.3 is 9.84 Å². The Bertz CT molecular complexity index is 882. The minimum atomic E-state index is -1.13. The van der Waals surface area contributed by atoms with Crippen molar-refractivity contribution in [3.63, 3.8) is 0 Å². The molecule has 4 nitrogen and oxygen atoms in total. The topological polar surface area (TPSA) is 59.4 Å². The van der Waals surface area contributed by atoms with Gasteiger partial charge in [0, 0.05) is 5.39 Å². The Morgan fingerprint density at radius 2 is 1.83 bits per heavy atom. The van der Waals surface area contributed by atoms with Gasteiger partial charge in [-0.05, 0) is 23.8 Å². The average Bonchev–Trinajstić information content (AvgIpc) is 2.55. The number of aromatic nitrogens is 1. The number of nitrogens with zero attached hydrogens (tertiary/aromatic N) is 1. The molecule has 2 aromatic carbocycles. The van der Waals surface area contributed by atoms with Crippen LogP contribution in [0.25, 0.3) is 10.9 Å². The summed E-state index contributed by atoms with van der Waals surface area (Å²) < 4.78 is 5.78. The van der Waals surface area contributed by atoms with Crippen LogP contribution in [0.5, 0.6) is 5.75 Å². The van der Waals surface area contributed by atoms with Crippen LogP contribution in [0.1, 0.15) is 16.1 Å². The molecule has 0 aliphatic heterocycles. The van der Waals surface area contributed by atoms with Crippen LogP contribution in [-0.2, 0) is 6.61 Å². The summed E-state index contributed by atoms with van der Waals surface area (Å²) in [6, 6.07) is 14.1. The van der Waals surface area contributed by atoms with Crippen molar-refractivity contribution in [3.8, 4) is 5.75 Å². The lowest BCUT2D eigenvalue weighted by Crippen LogP contribution is -2.02. The first kappa shape index (κ1) is 15.6. The highest BCUT2D eigenvalue weighted by Crippen LogP contribution is 2.37. The van der Waals surface area contributed by atoms with E-state index in [1.807, 2.05) is 30.3 Å². The molecule has 0 bridgehead atoms. The molecular weight excluding hydrogens is 337 g/mol. The molecule has 1 heterocycles. The van der Waals surface area contributed by atoms with E-state index in [0.29, 0.717) is 21.7 Å². The zero-order valence-electron chi connectivity index (χ0n) is 11.8. The van der Waals surface area contributed by atoms with Gasteiger partial charge in [0.25, 0.3) is 0 Å². The van der Waals surface area contributed by atoms with Crippen LogP contribution >= 0.6 is 23.2 Å². The molecule has 1 aromatic heterocycles. The van der Waals surface area contributed by atoms with Crippen molar-refractivity contribution >= 4 is 40.1 Å². The molecule has 3 aromatic rings. The van der Waals surface area contributed by atoms with E-state index >= 15 is 0 Å². The largest absolute Gasteiger partial charge is 0.485 e. The van der Waals surface area contributed by atoms with Crippen molar-refractivity contribution in [1.29, 1.82) is 0 Å². The van der Waals surface area contributed by atoms with Gasteiger partial charge in [0.15, 0.2) is 5.75 Å². The number of aromatic carboxylic acids is 1. The SMILES string of the molecule is O=C(O)c1ccc2c(Cl)cc(Cl)c(OCc3ccccc3)c2n1. The highest BCUT2D eigenvalue weighted by Gasteiger charge is 2.15. The molecule has 1 N–H and O–H groups in total. The predicted octanol–water partition coefficient (Wildman–Crippen LogP) is 4.82. The van der Waals surface area contributed by atoms with Gasteiger partial charge in [-0.1, -0.05) is 53.5 Å². The summed E-state index contributed by atoms with van der Waals surface area (Å²) in [7, 11) is 0. The normalized spacial score (nSPS) is 10.7. The van der Waals surface area contributed by atoms with Crippen molar-refractivity contribution in [1.82, 2.24) is 4.98 Å². The molecule has 3 rings (SSSR count). The molecule has 0 aliphatic carbocycles. The third-order valence-corrected chi connectivity index (χ3v) is 3.88. The zero-order chi connectivity index (χ0) is 16.4. The summed E-state index contributed by atoms with van der Waals surface area (Å²) in [5, 5.41) is 10.4. The number of pyridine rings is 1. The lowest BCUT2D eigenvalue weighted by Gasteiger charge is -2.12. The molecule has 23 heavy (non-hydrogen) atoms. The molecular formula is C17H11Cl2NO3. The monoisotopic (exact) mass is 347 g/mol. The number of fused-ring (bicyclic) bond motifs is 1. The summed E-state index contributed by atoms with van der Waals surface area (Å²) in [6.07, 6.45) is 0. The van der Waals surface area contributed by atoms with Crippen molar-refractivity contribution in [2.24, 2.45) is 0 Å². The number of carboxylic acids is 1. The van der Waals surface area contributed by atoms with Gasteiger partial charge in [0.2, 0.25) is 0 Å². The Balaban J connectivity index is 2.07. The first-order valence-electron chi connectivity index (χ1n) is 6.75. The summed E-state index contributed by atoms with van der Waals surface area (Å²) in [6.45, 7) is 0.288. The van der Waals surface area contributed by atoms with Crippen LogP contribution in [0.2, 0.25) is 10.0 Å². The van der Waals surface area contributed by atoms with Gasteiger partial charge in [-0.2, -0.15) is 0 Å². The van der Waals surface area contributed by atoms with E-state index in [0.717, 1.165) is 5.56 Å². The quantitative estimate of drug-likeness (QED) is 0.734. The Labute approximate surface area is 142 Å². The Kier molecular flexibility index (Phi) is 4.37. The van der Waals surface area contributed by atoms with Crippen LogP contribution in [-0.4, -0.2) is 16.1 Å². The number of hydrogen-bond donors (Lipinski definition) is 1. The molecule has 0 unspecified atom stereocenters. The summed E-state index contributed by atoms with van der Waals surface area (Å²) in [5.41, 5.74) is 1.19. The highest BCUT2D eigenvalue weighted by atomic mass is 35.5. The van der Waals surface area contributed by atoms with Gasteiger partial charge in [0.05, 0.1) is 10.0 Å². The molecule has 0 aliphatic rings. The van der Waals surface area contributed by atoms with Crippen molar-refractivity contribution < 1.29 is 14.6 Å². The standard InChI is InChI=1S/C17H11Cl2NO3/c18-12-8-13(19)16(23-9-10-4-2-1-3-5-10)15-11(12)6-7-14(20-15)17(21)22/h1-8H,9H2,(H,21,22). The number of rotatable bonds is 4. The van der Waals surface area contributed by atoms with E-state index in [2.05, 4.69) is 4.98 Å². The van der Waals surface area contributed by atoms with Crippen LogP contribution in [0.15, 0.2) is 48.5 Å². The van der Waals surface area contributed by atoms with Crippen molar-refractivity contribution in [2.75, 3.05) is 0 Å². The van der Waals surface area contributed by atoms with Gasteiger partial charge in [-0.15, -0.1) is 0 Å². The first-order chi connectivity index (χ1) is 11.1. The summed E-state index contributed by atoms with van der Waals surface area (Å²) >= 11 is 12.4. The number of carboxylic acid groups (broad SMARTS) is 1. The number of halogens is 2. The minimum absolute atomic E-state index is 0.0969. The van der Waals surface area contributed by atoms with Gasteiger partial charge in [0.1, 0.15) is 17.8 Å². The average molecular weight is 348 g/mol. The lowest BCUT2D eigenvalue weighted by molar-refractivity contribution is 0.0691. The maximum absolute atomic E-state index is 11.1. The number of benzene rings is 2. The third kappa shape index (κ3) is 3.23. The summed E-state index contributed by atoms with van der Waals surface area (Å²) in [4.78, 5) is 15.3. The van der Waals surface area contributed by atoms with Crippen LogP contribution < -0.4 is 4.74 Å². The van der Waals surface area contributed by atoms with Crippen LogP contribution in [0, 0.1) is 0 Å². The second kappa shape index (κ2) is 6.44. The number of hydrogen-bond acceptors (Lipinski definition) is 3. The molecule has 0 spiro atoms. The first-order valence-corrected chi connectivity index (χ1v) is 7.50. The summed E-state index contributed by atoms with van der Waals surface area (Å²) in [5.74, 6) is -0.810. The molecule has 0 atom stereocenters. The molecule has 0 amide bonds. The Hall–Kier alpha value is -2.30. The molecule has 0 radical (unpaired) electrons. The van der Waals surface area contributed by atoms with Gasteiger partial charge >= 0.3 is 5.97 Å². The van der Waals surface area contributed by atoms with Crippen molar-refractivity contribution in [2.45, 2.75) is 6.61 Å². The fourth-order valence-corrected chi connectivity index (χ4v) is 2.75. The van der Waals surface area contributed by atoms with E-state index < -0.39 is 5.97 Å². The Morgan fingerprint density at radius 1 is 1.09 bits per heavy atom. The van der Waals surface area contributed by atoms with E-state index in [1.54, 1.807) is 12.1 Å². The third-order valence-electron chi connectivity index (χ3n) is 3.28. The maximum atomic E-state index is 11.1. The predicted molar refractivity (Wildman–Crippen MR) is 89.5 cm³/mol. The van der Waals surface area contributed by atoms with Gasteiger partial charge in [-0.3, -0.25) is 0 Å². The zero-order valence-corrected chi connectivity index (χ0v) is 13.3. The van der Waals surface area contributed by atoms with Crippen LogP contribution in [0.4, 0.5) is 0 Å². The van der Waals surface area contributed by atoms with Crippen LogP contribution in [0.3, 0.4) is 0 Å². The smallest absolute Gasteiger partial charge is 0.354 e. The second-order valence-corrected chi connectivity index (χ2v) is 5.66. The molecule has 0 saturated carbocycles. The van der Waals surface area contributed by atoms with E-state index in [-0.39, 0.29) is 17.3 Å². The highest BCUT2D eigenvalue weighted by molar-refractivity contribution is 6.39. The van der Waals surface area contributed by atoms with Crippen molar-refractivity contribution in [3.05, 3.63) is 69.8 Å². The molecule has 0 saturated heterocycles. The second-order valence-electron chi connectivity index (χ2n) is 4.84.